The predicted octanol–water partition coefficient (Wildman–Crippen LogP) is 2.24. The van der Waals surface area contributed by atoms with Crippen molar-refractivity contribution in [1.29, 1.82) is 0 Å². The highest BCUT2D eigenvalue weighted by molar-refractivity contribution is 5.92. The Morgan fingerprint density at radius 3 is 2.71 bits per heavy atom. The molecule has 9 nitrogen and oxygen atoms in total. The van der Waals surface area contributed by atoms with Crippen molar-refractivity contribution >= 4 is 17.5 Å². The van der Waals surface area contributed by atoms with Gasteiger partial charge in [0.05, 0.1) is 24.6 Å². The molecule has 0 aliphatic heterocycles. The van der Waals surface area contributed by atoms with E-state index in [4.69, 9.17) is 0 Å². The summed E-state index contributed by atoms with van der Waals surface area (Å²) in [5.74, 6) is 0.810. The summed E-state index contributed by atoms with van der Waals surface area (Å²) in [6.07, 6.45) is 9.46. The van der Waals surface area contributed by atoms with Gasteiger partial charge >= 0.3 is 0 Å². The summed E-state index contributed by atoms with van der Waals surface area (Å²) in [6, 6.07) is 3.72. The van der Waals surface area contributed by atoms with Gasteiger partial charge in [0, 0.05) is 25.2 Å². The Morgan fingerprint density at radius 1 is 1.19 bits per heavy atom. The van der Waals surface area contributed by atoms with E-state index in [1.807, 2.05) is 19.9 Å². The van der Waals surface area contributed by atoms with Gasteiger partial charge in [-0.05, 0) is 62.1 Å². The maximum atomic E-state index is 12.5. The molecule has 9 heteroatoms. The highest BCUT2D eigenvalue weighted by atomic mass is 16.2. The van der Waals surface area contributed by atoms with E-state index in [1.165, 1.54) is 19.3 Å². The molecule has 2 N–H and O–H groups in total. The average Bonchev–Trinajstić information content (AvgIpc) is 3.32. The predicted molar refractivity (Wildman–Crippen MR) is 113 cm³/mol. The monoisotopic (exact) mass is 421 g/mol. The van der Waals surface area contributed by atoms with Gasteiger partial charge in [0.15, 0.2) is 5.65 Å². The molecule has 0 unspecified atom stereocenters. The smallest absolute Gasteiger partial charge is 0.269 e. The van der Waals surface area contributed by atoms with Crippen LogP contribution < -0.4 is 10.6 Å². The van der Waals surface area contributed by atoms with Crippen LogP contribution in [0.4, 0.5) is 0 Å². The van der Waals surface area contributed by atoms with Crippen LogP contribution in [0.2, 0.25) is 0 Å². The molecule has 3 fully saturated rings. The first-order valence-corrected chi connectivity index (χ1v) is 10.8. The molecule has 3 aliphatic carbocycles. The Labute approximate surface area is 180 Å². The summed E-state index contributed by atoms with van der Waals surface area (Å²) < 4.78 is 3.36. The van der Waals surface area contributed by atoms with Crippen molar-refractivity contribution < 1.29 is 9.59 Å². The van der Waals surface area contributed by atoms with E-state index in [9.17, 15) is 9.59 Å². The lowest BCUT2D eigenvalue weighted by Gasteiger charge is -2.61. The van der Waals surface area contributed by atoms with Gasteiger partial charge in [-0.25, -0.2) is 9.50 Å². The van der Waals surface area contributed by atoms with Gasteiger partial charge in [-0.2, -0.15) is 10.2 Å². The van der Waals surface area contributed by atoms with Crippen LogP contribution in [-0.4, -0.2) is 36.2 Å². The molecule has 31 heavy (non-hydrogen) atoms. The van der Waals surface area contributed by atoms with Gasteiger partial charge in [-0.1, -0.05) is 0 Å². The van der Waals surface area contributed by atoms with Gasteiger partial charge in [-0.15, -0.1) is 0 Å². The molecule has 3 aliphatic rings. The lowest BCUT2D eigenvalue weighted by Crippen LogP contribution is -2.53. The number of imidazole rings is 1. The van der Waals surface area contributed by atoms with Crippen LogP contribution in [0, 0.1) is 11.3 Å². The SMILES string of the molecule is CC(C)n1nccc1C(=O)NCc1cn2ncc(CNC(=O)CC34CC(C3)C4)cc2n1. The summed E-state index contributed by atoms with van der Waals surface area (Å²) in [4.78, 5) is 29.3. The van der Waals surface area contributed by atoms with Gasteiger partial charge < -0.3 is 10.6 Å². The van der Waals surface area contributed by atoms with E-state index in [0.29, 0.717) is 42.0 Å². The average molecular weight is 422 g/mol. The molecule has 0 spiro atoms. The second kappa shape index (κ2) is 7.47. The topological polar surface area (TPSA) is 106 Å². The summed E-state index contributed by atoms with van der Waals surface area (Å²) in [7, 11) is 0. The van der Waals surface area contributed by atoms with Gasteiger partial charge in [0.25, 0.3) is 5.91 Å². The third-order valence-corrected chi connectivity index (χ3v) is 6.44. The van der Waals surface area contributed by atoms with Crippen molar-refractivity contribution in [3.05, 3.63) is 47.7 Å². The molecule has 3 aromatic heterocycles. The molecular formula is C22H27N7O2. The summed E-state index contributed by atoms with van der Waals surface area (Å²) in [6.45, 7) is 4.70. The van der Waals surface area contributed by atoms with Crippen molar-refractivity contribution in [2.24, 2.45) is 11.3 Å². The molecule has 6 rings (SSSR count). The van der Waals surface area contributed by atoms with Crippen molar-refractivity contribution in [3.63, 3.8) is 0 Å². The van der Waals surface area contributed by atoms with E-state index in [0.717, 1.165) is 11.5 Å². The molecule has 2 amide bonds. The largest absolute Gasteiger partial charge is 0.352 e. The van der Waals surface area contributed by atoms with Gasteiger partial charge in [0.1, 0.15) is 5.69 Å². The normalized spacial score (nSPS) is 21.6. The van der Waals surface area contributed by atoms with Crippen LogP contribution in [-0.2, 0) is 17.9 Å². The van der Waals surface area contributed by atoms with Crippen molar-refractivity contribution in [1.82, 2.24) is 35.0 Å². The Kier molecular flexibility index (Phi) is 4.75. The summed E-state index contributed by atoms with van der Waals surface area (Å²) in [5, 5.41) is 14.5. The first kappa shape index (κ1) is 19.7. The minimum absolute atomic E-state index is 0.105. The molecular weight excluding hydrogens is 394 g/mol. The molecule has 0 radical (unpaired) electrons. The standard InChI is InChI=1S/C22H27N7O2/c1-14(2)29-18(3-4-25-29)21(31)24-12-17-13-28-19(27-17)5-15(11-26-28)10-23-20(30)9-22-6-16(7-22)8-22/h3-5,11,13-14,16H,6-10,12H2,1-2H3,(H,23,30)(H,24,31). The molecule has 2 bridgehead atoms. The number of amides is 2. The highest BCUT2D eigenvalue weighted by Crippen LogP contribution is 2.66. The quantitative estimate of drug-likeness (QED) is 0.580. The summed E-state index contributed by atoms with van der Waals surface area (Å²) >= 11 is 0. The first-order valence-electron chi connectivity index (χ1n) is 10.8. The molecule has 3 saturated carbocycles. The Balaban J connectivity index is 1.17. The van der Waals surface area contributed by atoms with Crippen molar-refractivity contribution in [3.8, 4) is 0 Å². The second-order valence-electron chi connectivity index (χ2n) is 9.27. The minimum Gasteiger partial charge on any atom is -0.352 e. The number of nitrogens with zero attached hydrogens (tertiary/aromatic N) is 5. The van der Waals surface area contributed by atoms with Gasteiger partial charge in [-0.3, -0.25) is 14.3 Å². The molecule has 0 aromatic carbocycles. The maximum absolute atomic E-state index is 12.5. The van der Waals surface area contributed by atoms with Crippen LogP contribution in [0.5, 0.6) is 0 Å². The number of hydrogen-bond acceptors (Lipinski definition) is 5. The zero-order valence-corrected chi connectivity index (χ0v) is 17.8. The van der Waals surface area contributed by atoms with E-state index < -0.39 is 0 Å². The molecule has 3 aromatic rings. The van der Waals surface area contributed by atoms with E-state index in [2.05, 4.69) is 25.8 Å². The fourth-order valence-corrected chi connectivity index (χ4v) is 4.79. The highest BCUT2D eigenvalue weighted by Gasteiger charge is 2.56. The number of nitrogens with one attached hydrogen (secondary N) is 2. The van der Waals surface area contributed by atoms with Crippen LogP contribution in [0.25, 0.3) is 5.65 Å². The van der Waals surface area contributed by atoms with E-state index in [-0.39, 0.29) is 17.9 Å². The van der Waals surface area contributed by atoms with Crippen LogP contribution in [0.1, 0.15) is 67.3 Å². The second-order valence-corrected chi connectivity index (χ2v) is 9.27. The number of aromatic nitrogens is 5. The lowest BCUT2D eigenvalue weighted by molar-refractivity contribution is -0.144. The molecule has 0 atom stereocenters. The molecule has 3 heterocycles. The third-order valence-electron chi connectivity index (χ3n) is 6.44. The zero-order valence-electron chi connectivity index (χ0n) is 17.8. The van der Waals surface area contributed by atoms with Crippen molar-refractivity contribution in [2.45, 2.75) is 58.7 Å². The van der Waals surface area contributed by atoms with Crippen LogP contribution in [0.15, 0.2) is 30.7 Å². The maximum Gasteiger partial charge on any atom is 0.269 e. The Hall–Kier alpha value is -3.23. The zero-order chi connectivity index (χ0) is 21.6. The first-order chi connectivity index (χ1) is 14.9. The van der Waals surface area contributed by atoms with Crippen molar-refractivity contribution in [2.75, 3.05) is 0 Å². The lowest BCUT2D eigenvalue weighted by atomic mass is 9.43. The summed E-state index contributed by atoms with van der Waals surface area (Å²) in [5.41, 5.74) is 3.13. The number of hydrogen-bond donors (Lipinski definition) is 2. The number of rotatable bonds is 8. The third kappa shape index (κ3) is 3.80. The Morgan fingerprint density at radius 2 is 2.00 bits per heavy atom. The number of fused-ring (bicyclic) bond motifs is 1. The Bertz CT molecular complexity index is 1130. The minimum atomic E-state index is -0.191. The van der Waals surface area contributed by atoms with Gasteiger partial charge in [0.2, 0.25) is 5.91 Å². The molecule has 0 saturated heterocycles. The van der Waals surface area contributed by atoms with E-state index >= 15 is 0 Å². The van der Waals surface area contributed by atoms with Crippen LogP contribution in [0.3, 0.4) is 0 Å². The fourth-order valence-electron chi connectivity index (χ4n) is 4.79. The van der Waals surface area contributed by atoms with E-state index in [1.54, 1.807) is 33.9 Å². The number of carbonyl (C=O) groups is 2. The number of carbonyl (C=O) groups excluding carboxylic acids is 2. The van der Waals surface area contributed by atoms with Crippen LogP contribution >= 0.6 is 0 Å². The fraction of sp³-hybridized carbons (Fsp3) is 0.500. The molecule has 162 valence electrons.